The molecule has 0 saturated carbocycles. The number of benzene rings is 1. The Hall–Kier alpha value is -1.89. The number of hydrogen-bond acceptors (Lipinski definition) is 5. The van der Waals surface area contributed by atoms with Crippen LogP contribution in [0.25, 0.3) is 11.1 Å². The number of sulfone groups is 1. The van der Waals surface area contributed by atoms with E-state index in [4.69, 9.17) is 4.42 Å². The van der Waals surface area contributed by atoms with E-state index in [-0.39, 0.29) is 22.5 Å². The molecule has 0 radical (unpaired) electrons. The predicted molar refractivity (Wildman–Crippen MR) is 81.3 cm³/mol. The fraction of sp³-hybridized carbons (Fsp3) is 0.467. The van der Waals surface area contributed by atoms with Gasteiger partial charge in [-0.05, 0) is 24.6 Å². The summed E-state index contributed by atoms with van der Waals surface area (Å²) in [4.78, 5) is 17.9. The smallest absolute Gasteiger partial charge is 0.219 e. The average molecular weight is 322 g/mol. The van der Waals surface area contributed by atoms with Crippen LogP contribution >= 0.6 is 0 Å². The van der Waals surface area contributed by atoms with E-state index in [1.165, 1.54) is 0 Å². The zero-order chi connectivity index (χ0) is 15.9. The maximum Gasteiger partial charge on any atom is 0.219 e. The van der Waals surface area contributed by atoms with Gasteiger partial charge in [0, 0.05) is 20.0 Å². The maximum absolute atomic E-state index is 11.9. The lowest BCUT2D eigenvalue weighted by atomic mass is 10.1. The van der Waals surface area contributed by atoms with Crippen molar-refractivity contribution in [1.29, 1.82) is 0 Å². The van der Waals surface area contributed by atoms with Crippen molar-refractivity contribution in [3.8, 4) is 0 Å². The van der Waals surface area contributed by atoms with Crippen LogP contribution in [0.1, 0.15) is 32.1 Å². The minimum atomic E-state index is -3.25. The van der Waals surface area contributed by atoms with Crippen molar-refractivity contribution >= 4 is 26.8 Å². The van der Waals surface area contributed by atoms with Crippen LogP contribution in [0, 0.1) is 0 Å². The maximum atomic E-state index is 11.9. The first-order valence-corrected chi connectivity index (χ1v) is 8.94. The molecule has 1 saturated heterocycles. The highest BCUT2D eigenvalue weighted by molar-refractivity contribution is 7.91. The normalized spacial score (nSPS) is 19.0. The largest absolute Gasteiger partial charge is 0.440 e. The van der Waals surface area contributed by atoms with Gasteiger partial charge in [-0.15, -0.1) is 0 Å². The number of fused-ring (bicyclic) bond motifs is 1. The Bertz CT molecular complexity index is 825. The van der Waals surface area contributed by atoms with Crippen molar-refractivity contribution in [2.75, 3.05) is 18.8 Å². The van der Waals surface area contributed by atoms with E-state index < -0.39 is 9.84 Å². The molecule has 2 heterocycles. The van der Waals surface area contributed by atoms with Crippen LogP contribution in [0.4, 0.5) is 0 Å². The molecule has 0 aliphatic carbocycles. The summed E-state index contributed by atoms with van der Waals surface area (Å²) in [6, 6.07) is 4.75. The van der Waals surface area contributed by atoms with E-state index in [1.54, 1.807) is 36.9 Å². The minimum Gasteiger partial charge on any atom is -0.440 e. The molecule has 118 valence electrons. The highest BCUT2D eigenvalue weighted by Crippen LogP contribution is 2.30. The Balaban J connectivity index is 1.92. The monoisotopic (exact) mass is 322 g/mol. The van der Waals surface area contributed by atoms with Crippen molar-refractivity contribution in [1.82, 2.24) is 9.88 Å². The average Bonchev–Trinajstić information content (AvgIpc) is 3.12. The summed E-state index contributed by atoms with van der Waals surface area (Å²) in [5.41, 5.74) is 1.12. The Morgan fingerprint density at radius 1 is 1.45 bits per heavy atom. The molecule has 0 unspecified atom stereocenters. The third kappa shape index (κ3) is 2.61. The molecule has 0 spiro atoms. The molecule has 0 N–H and O–H groups in total. The molecular formula is C15H18N2O4S. The van der Waals surface area contributed by atoms with Gasteiger partial charge in [0.05, 0.1) is 16.6 Å². The molecule has 1 aromatic heterocycles. The number of aromatic nitrogens is 1. The van der Waals surface area contributed by atoms with Gasteiger partial charge in [0.2, 0.25) is 5.91 Å². The minimum absolute atomic E-state index is 0.0509. The third-order valence-corrected chi connectivity index (χ3v) is 5.83. The van der Waals surface area contributed by atoms with Gasteiger partial charge in [-0.2, -0.15) is 0 Å². The van der Waals surface area contributed by atoms with E-state index >= 15 is 0 Å². The standard InChI is InChI=1S/C15H18N2O4S/c1-3-22(19,20)12-4-5-14-13(8-12)16-15(21-14)11-6-7-17(9-11)10(2)18/h4-5,8,11H,3,6-7,9H2,1-2H3/t11-/m1/s1. The number of carbonyl (C=O) groups excluding carboxylic acids is 1. The Labute approximate surface area is 129 Å². The van der Waals surface area contributed by atoms with Crippen LogP contribution in [-0.2, 0) is 14.6 Å². The van der Waals surface area contributed by atoms with E-state index in [0.29, 0.717) is 30.1 Å². The predicted octanol–water partition coefficient (Wildman–Crippen LogP) is 1.96. The van der Waals surface area contributed by atoms with Gasteiger partial charge in [-0.1, -0.05) is 6.92 Å². The number of hydrogen-bond donors (Lipinski definition) is 0. The lowest BCUT2D eigenvalue weighted by Crippen LogP contribution is -2.25. The molecule has 3 rings (SSSR count). The lowest BCUT2D eigenvalue weighted by molar-refractivity contribution is -0.127. The summed E-state index contributed by atoms with van der Waals surface area (Å²) in [5, 5.41) is 0. The molecular weight excluding hydrogens is 304 g/mol. The Kier molecular flexibility index (Phi) is 3.68. The summed E-state index contributed by atoms with van der Waals surface area (Å²) in [7, 11) is -3.25. The fourth-order valence-electron chi connectivity index (χ4n) is 2.71. The van der Waals surface area contributed by atoms with Crippen molar-refractivity contribution in [2.24, 2.45) is 0 Å². The quantitative estimate of drug-likeness (QED) is 0.863. The summed E-state index contributed by atoms with van der Waals surface area (Å²) < 4.78 is 29.6. The third-order valence-electron chi connectivity index (χ3n) is 4.10. The molecule has 1 amide bonds. The van der Waals surface area contributed by atoms with Crippen LogP contribution in [-0.4, -0.2) is 43.1 Å². The summed E-state index contributed by atoms with van der Waals surface area (Å²) in [6.45, 7) is 4.47. The van der Waals surface area contributed by atoms with Crippen LogP contribution in [0.2, 0.25) is 0 Å². The molecule has 0 bridgehead atoms. The number of oxazole rings is 1. The SMILES string of the molecule is CCS(=O)(=O)c1ccc2oc([C@@H]3CCN(C(C)=O)C3)nc2c1. The van der Waals surface area contributed by atoms with E-state index in [1.807, 2.05) is 0 Å². The van der Waals surface area contributed by atoms with E-state index in [9.17, 15) is 13.2 Å². The second-order valence-electron chi connectivity index (χ2n) is 5.54. The molecule has 22 heavy (non-hydrogen) atoms. The Morgan fingerprint density at radius 2 is 2.23 bits per heavy atom. The Morgan fingerprint density at radius 3 is 2.86 bits per heavy atom. The summed E-state index contributed by atoms with van der Waals surface area (Å²) in [6.07, 6.45) is 0.812. The number of rotatable bonds is 3. The van der Waals surface area contributed by atoms with Gasteiger partial charge in [-0.3, -0.25) is 4.79 Å². The molecule has 1 aliphatic rings. The summed E-state index contributed by atoms with van der Waals surface area (Å²) in [5.74, 6) is 0.752. The molecule has 1 aromatic carbocycles. The number of nitrogens with zero attached hydrogens (tertiary/aromatic N) is 2. The van der Waals surface area contributed by atoms with Crippen molar-refractivity contribution in [3.05, 3.63) is 24.1 Å². The first-order chi connectivity index (χ1) is 10.4. The first kappa shape index (κ1) is 15.0. The number of likely N-dealkylation sites (tertiary alicyclic amines) is 1. The molecule has 6 nitrogen and oxygen atoms in total. The summed E-state index contributed by atoms with van der Waals surface area (Å²) >= 11 is 0. The second-order valence-corrected chi connectivity index (χ2v) is 7.81. The molecule has 1 aliphatic heterocycles. The zero-order valence-corrected chi connectivity index (χ0v) is 13.4. The van der Waals surface area contributed by atoms with Gasteiger partial charge in [0.15, 0.2) is 21.3 Å². The van der Waals surface area contributed by atoms with E-state index in [0.717, 1.165) is 6.42 Å². The van der Waals surface area contributed by atoms with Gasteiger partial charge >= 0.3 is 0 Å². The topological polar surface area (TPSA) is 80.5 Å². The molecule has 1 fully saturated rings. The zero-order valence-electron chi connectivity index (χ0n) is 12.6. The van der Waals surface area contributed by atoms with Crippen molar-refractivity contribution < 1.29 is 17.6 Å². The van der Waals surface area contributed by atoms with Crippen LogP contribution in [0.15, 0.2) is 27.5 Å². The van der Waals surface area contributed by atoms with E-state index in [2.05, 4.69) is 4.98 Å². The number of amides is 1. The van der Waals surface area contributed by atoms with Crippen LogP contribution < -0.4 is 0 Å². The van der Waals surface area contributed by atoms with Crippen molar-refractivity contribution in [3.63, 3.8) is 0 Å². The van der Waals surface area contributed by atoms with Gasteiger partial charge < -0.3 is 9.32 Å². The highest BCUT2D eigenvalue weighted by Gasteiger charge is 2.29. The van der Waals surface area contributed by atoms with Crippen LogP contribution in [0.5, 0.6) is 0 Å². The van der Waals surface area contributed by atoms with Gasteiger partial charge in [-0.25, -0.2) is 13.4 Å². The van der Waals surface area contributed by atoms with Crippen molar-refractivity contribution in [2.45, 2.75) is 31.1 Å². The highest BCUT2D eigenvalue weighted by atomic mass is 32.2. The number of carbonyl (C=O) groups is 1. The molecule has 7 heteroatoms. The first-order valence-electron chi connectivity index (χ1n) is 7.29. The fourth-order valence-corrected chi connectivity index (χ4v) is 3.61. The lowest BCUT2D eigenvalue weighted by Gasteiger charge is -2.12. The van der Waals surface area contributed by atoms with Gasteiger partial charge in [0.1, 0.15) is 5.52 Å². The molecule has 2 aromatic rings. The van der Waals surface area contributed by atoms with Gasteiger partial charge in [0.25, 0.3) is 0 Å². The second kappa shape index (κ2) is 5.39. The van der Waals surface area contributed by atoms with Crippen LogP contribution in [0.3, 0.4) is 0 Å². The molecule has 1 atom stereocenters.